The maximum atomic E-state index is 13.1. The van der Waals surface area contributed by atoms with Gasteiger partial charge in [0.2, 0.25) is 5.91 Å². The highest BCUT2D eigenvalue weighted by atomic mass is 28.4. The quantitative estimate of drug-likeness (QED) is 0.376. The summed E-state index contributed by atoms with van der Waals surface area (Å²) in [6.07, 6.45) is 0.798. The zero-order chi connectivity index (χ0) is 23.9. The molecule has 1 rings (SSSR count). The van der Waals surface area contributed by atoms with E-state index in [-0.39, 0.29) is 40.0 Å². The number of piperidine rings is 1. The summed E-state index contributed by atoms with van der Waals surface area (Å²) >= 11 is 0. The maximum absolute atomic E-state index is 13.1. The first-order valence-corrected chi connectivity index (χ1v) is 17.2. The summed E-state index contributed by atoms with van der Waals surface area (Å²) < 4.78 is 13.2. The third-order valence-corrected chi connectivity index (χ3v) is 16.9. The average molecular weight is 458 g/mol. The normalized spacial score (nSPS) is 27.9. The van der Waals surface area contributed by atoms with Crippen LogP contribution in [0.1, 0.15) is 61.8 Å². The Morgan fingerprint density at radius 1 is 1.00 bits per heavy atom. The molecule has 0 unspecified atom stereocenters. The Morgan fingerprint density at radius 2 is 1.47 bits per heavy atom. The van der Waals surface area contributed by atoms with Crippen molar-refractivity contribution in [2.75, 3.05) is 7.05 Å². The van der Waals surface area contributed by atoms with Crippen LogP contribution in [0.4, 0.5) is 0 Å². The molecule has 30 heavy (non-hydrogen) atoms. The van der Waals surface area contributed by atoms with Crippen LogP contribution in [0.5, 0.6) is 0 Å². The van der Waals surface area contributed by atoms with Crippen LogP contribution in [0.2, 0.25) is 36.3 Å². The molecule has 0 bridgehead atoms. The van der Waals surface area contributed by atoms with Gasteiger partial charge in [-0.05, 0) is 42.7 Å². The van der Waals surface area contributed by atoms with Crippen LogP contribution in [0.15, 0.2) is 0 Å². The summed E-state index contributed by atoms with van der Waals surface area (Å²) in [4.78, 5) is 26.9. The van der Waals surface area contributed by atoms with Crippen molar-refractivity contribution in [3.8, 4) is 0 Å². The highest BCUT2D eigenvalue weighted by Crippen LogP contribution is 2.42. The van der Waals surface area contributed by atoms with Gasteiger partial charge < -0.3 is 18.5 Å². The van der Waals surface area contributed by atoms with E-state index in [0.29, 0.717) is 6.42 Å². The van der Waals surface area contributed by atoms with Crippen molar-refractivity contribution in [2.45, 2.75) is 116 Å². The summed E-state index contributed by atoms with van der Waals surface area (Å²) in [6.45, 7) is 26.1. The van der Waals surface area contributed by atoms with Crippen LogP contribution in [0, 0.1) is 11.8 Å². The van der Waals surface area contributed by atoms with E-state index < -0.39 is 22.7 Å². The van der Waals surface area contributed by atoms with Crippen molar-refractivity contribution >= 4 is 28.8 Å². The van der Waals surface area contributed by atoms with Gasteiger partial charge in [0.1, 0.15) is 12.4 Å². The highest BCUT2D eigenvalue weighted by Gasteiger charge is 2.49. The van der Waals surface area contributed by atoms with E-state index in [9.17, 15) is 9.59 Å². The lowest BCUT2D eigenvalue weighted by Crippen LogP contribution is -2.60. The Morgan fingerprint density at radius 3 is 1.87 bits per heavy atom. The second-order valence-corrected chi connectivity index (χ2v) is 21.8. The number of aldehydes is 1. The van der Waals surface area contributed by atoms with Crippen LogP contribution < -0.4 is 0 Å². The summed E-state index contributed by atoms with van der Waals surface area (Å²) in [7, 11) is -2.26. The van der Waals surface area contributed by atoms with E-state index in [2.05, 4.69) is 74.7 Å². The van der Waals surface area contributed by atoms with Crippen LogP contribution in [-0.2, 0) is 18.4 Å². The molecule has 7 heteroatoms. The molecule has 1 saturated heterocycles. The van der Waals surface area contributed by atoms with Gasteiger partial charge in [-0.25, -0.2) is 0 Å². The molecular formula is C23H47NO4Si2. The van der Waals surface area contributed by atoms with Gasteiger partial charge >= 0.3 is 0 Å². The van der Waals surface area contributed by atoms with E-state index in [1.165, 1.54) is 0 Å². The first kappa shape index (κ1) is 27.5. The lowest BCUT2D eigenvalue weighted by molar-refractivity contribution is -0.151. The molecule has 176 valence electrons. The minimum Gasteiger partial charge on any atom is -0.413 e. The van der Waals surface area contributed by atoms with Crippen molar-refractivity contribution in [2.24, 2.45) is 11.8 Å². The zero-order valence-corrected chi connectivity index (χ0v) is 23.8. The number of nitrogens with zero attached hydrogens (tertiary/aromatic N) is 1. The molecule has 0 radical (unpaired) electrons. The number of hydrogen-bond acceptors (Lipinski definition) is 4. The molecule has 1 heterocycles. The number of hydrogen-bond donors (Lipinski definition) is 0. The fourth-order valence-electron chi connectivity index (χ4n) is 3.68. The average Bonchev–Trinajstić information content (AvgIpc) is 2.57. The maximum Gasteiger partial charge on any atom is 0.227 e. The molecule has 0 aromatic carbocycles. The molecule has 0 spiro atoms. The smallest absolute Gasteiger partial charge is 0.227 e. The SMILES string of the molecule is C[C@@H]1[C@H](O[Si](C)(C)C(C)(C)C)[C@@H](C)C(=O)N(C)[C@H]1C[C@@H](C=O)O[Si](C)(C)C(C)(C)C. The number of carbonyl (C=O) groups excluding carboxylic acids is 2. The molecule has 1 amide bonds. The first-order valence-electron chi connectivity index (χ1n) is 11.3. The number of rotatable bonds is 7. The lowest BCUT2D eigenvalue weighted by Gasteiger charge is -2.50. The third-order valence-electron chi connectivity index (χ3n) is 7.97. The Labute approximate surface area is 187 Å². The van der Waals surface area contributed by atoms with Gasteiger partial charge in [-0.1, -0.05) is 55.4 Å². The molecule has 0 saturated carbocycles. The number of likely N-dealkylation sites (tertiary alicyclic amines) is 1. The first-order chi connectivity index (χ1) is 13.3. The van der Waals surface area contributed by atoms with E-state index in [1.54, 1.807) is 0 Å². The van der Waals surface area contributed by atoms with Crippen molar-refractivity contribution in [3.63, 3.8) is 0 Å². The van der Waals surface area contributed by atoms with E-state index in [0.717, 1.165) is 6.29 Å². The molecular weight excluding hydrogens is 410 g/mol. The molecule has 1 aliphatic heterocycles. The van der Waals surface area contributed by atoms with Gasteiger partial charge in [-0.3, -0.25) is 4.79 Å². The fourth-order valence-corrected chi connectivity index (χ4v) is 6.39. The minimum atomic E-state index is -2.09. The molecule has 0 aliphatic carbocycles. The van der Waals surface area contributed by atoms with E-state index in [1.807, 2.05) is 18.9 Å². The van der Waals surface area contributed by atoms with Crippen LogP contribution in [0.3, 0.4) is 0 Å². The molecule has 5 nitrogen and oxygen atoms in total. The largest absolute Gasteiger partial charge is 0.413 e. The van der Waals surface area contributed by atoms with Crippen molar-refractivity contribution in [1.29, 1.82) is 0 Å². The molecule has 0 aromatic heterocycles. The topological polar surface area (TPSA) is 55.8 Å². The second-order valence-electron chi connectivity index (χ2n) is 12.3. The monoisotopic (exact) mass is 457 g/mol. The predicted octanol–water partition coefficient (Wildman–Crippen LogP) is 5.47. The zero-order valence-electron chi connectivity index (χ0n) is 21.8. The standard InChI is InChI=1S/C23H47NO4Si2/c1-16-19(14-18(15-25)27-29(10,11)22(3,4)5)24(9)21(26)17(2)20(16)28-30(12,13)23(6,7)8/h15-20H,14H2,1-13H3/t16-,17+,18-,19-,20-/m0/s1. The molecule has 0 aromatic rings. The molecule has 0 N–H and O–H groups in total. The van der Waals surface area contributed by atoms with Gasteiger partial charge in [0.05, 0.1) is 12.0 Å². The van der Waals surface area contributed by atoms with Crippen LogP contribution >= 0.6 is 0 Å². The Bertz CT molecular complexity index is 622. The van der Waals surface area contributed by atoms with Gasteiger partial charge in [0.15, 0.2) is 16.6 Å². The highest BCUT2D eigenvalue weighted by molar-refractivity contribution is 6.74. The Balaban J connectivity index is 3.13. The summed E-state index contributed by atoms with van der Waals surface area (Å²) in [5.41, 5.74) is 0. The molecule has 1 fully saturated rings. The Hall–Kier alpha value is -0.506. The van der Waals surface area contributed by atoms with Gasteiger partial charge in [0, 0.05) is 19.0 Å². The molecule has 5 atom stereocenters. The summed E-state index contributed by atoms with van der Waals surface area (Å²) in [5, 5.41) is 0.0990. The van der Waals surface area contributed by atoms with Crippen molar-refractivity contribution in [1.82, 2.24) is 4.90 Å². The number of carbonyl (C=O) groups is 2. The van der Waals surface area contributed by atoms with Gasteiger partial charge in [0.25, 0.3) is 0 Å². The van der Waals surface area contributed by atoms with Gasteiger partial charge in [-0.2, -0.15) is 0 Å². The second kappa shape index (κ2) is 9.16. The Kier molecular flexibility index (Phi) is 8.40. The van der Waals surface area contributed by atoms with Crippen LogP contribution in [-0.4, -0.2) is 59.0 Å². The lowest BCUT2D eigenvalue weighted by atomic mass is 9.80. The number of amides is 1. The minimum absolute atomic E-state index is 0.0245. The van der Waals surface area contributed by atoms with Crippen molar-refractivity contribution < 1.29 is 18.4 Å². The predicted molar refractivity (Wildman–Crippen MR) is 130 cm³/mol. The van der Waals surface area contributed by atoms with E-state index in [4.69, 9.17) is 8.85 Å². The van der Waals surface area contributed by atoms with Crippen molar-refractivity contribution in [3.05, 3.63) is 0 Å². The molecule has 1 aliphatic rings. The third kappa shape index (κ3) is 5.84. The fraction of sp³-hybridized carbons (Fsp3) is 0.913. The van der Waals surface area contributed by atoms with E-state index >= 15 is 0 Å². The summed E-state index contributed by atoms with van der Waals surface area (Å²) in [5.74, 6) is 0.0347. The van der Waals surface area contributed by atoms with Crippen LogP contribution in [0.25, 0.3) is 0 Å². The summed E-state index contributed by atoms with van der Waals surface area (Å²) in [6, 6.07) is -0.0802. The van der Waals surface area contributed by atoms with Gasteiger partial charge in [-0.15, -0.1) is 0 Å².